The number of phosphoric acid groups is 1. The Morgan fingerprint density at radius 1 is 0.750 bits per heavy atom. The van der Waals surface area contributed by atoms with Gasteiger partial charge in [-0.25, -0.2) is 4.57 Å². The standard InChI is InChI=1S/C22H23O5P/c1-13-7-5-8-14(2)21(13)17-11-18(22-15(3)9-6-10-16(22)4)20(12-19(17)23)27-28(24,25)26/h5-12,23H,1-4H3,(H2,24,25,26). The van der Waals surface area contributed by atoms with Crippen LogP contribution in [0.2, 0.25) is 0 Å². The number of phenols is 1. The number of hydrogen-bond donors (Lipinski definition) is 3. The molecule has 0 aliphatic heterocycles. The zero-order valence-electron chi connectivity index (χ0n) is 16.2. The Kier molecular flexibility index (Phi) is 5.35. The lowest BCUT2D eigenvalue weighted by Gasteiger charge is -2.19. The first-order valence-corrected chi connectivity index (χ1v) is 10.4. The van der Waals surface area contributed by atoms with Gasteiger partial charge in [0.25, 0.3) is 0 Å². The maximum atomic E-state index is 11.5. The van der Waals surface area contributed by atoms with Crippen molar-refractivity contribution in [2.24, 2.45) is 0 Å². The zero-order valence-corrected chi connectivity index (χ0v) is 17.1. The fourth-order valence-electron chi connectivity index (χ4n) is 3.65. The van der Waals surface area contributed by atoms with Gasteiger partial charge in [0.15, 0.2) is 0 Å². The number of aromatic hydroxyl groups is 1. The molecule has 3 N–H and O–H groups in total. The average Bonchev–Trinajstić information content (AvgIpc) is 2.56. The van der Waals surface area contributed by atoms with E-state index >= 15 is 0 Å². The van der Waals surface area contributed by atoms with Gasteiger partial charge in [0.05, 0.1) is 0 Å². The van der Waals surface area contributed by atoms with E-state index in [0.29, 0.717) is 11.1 Å². The van der Waals surface area contributed by atoms with Gasteiger partial charge < -0.3 is 9.63 Å². The molecule has 0 amide bonds. The van der Waals surface area contributed by atoms with Gasteiger partial charge in [-0.1, -0.05) is 36.4 Å². The summed E-state index contributed by atoms with van der Waals surface area (Å²) in [6, 6.07) is 14.7. The highest BCUT2D eigenvalue weighted by atomic mass is 31.2. The predicted molar refractivity (Wildman–Crippen MR) is 111 cm³/mol. The Balaban J connectivity index is 2.37. The second kappa shape index (κ2) is 7.44. The lowest BCUT2D eigenvalue weighted by Crippen LogP contribution is -1.97. The van der Waals surface area contributed by atoms with Gasteiger partial charge in [-0.15, -0.1) is 0 Å². The van der Waals surface area contributed by atoms with Gasteiger partial charge in [0.2, 0.25) is 0 Å². The van der Waals surface area contributed by atoms with Crippen molar-refractivity contribution >= 4 is 7.82 Å². The molecule has 0 saturated heterocycles. The lowest BCUT2D eigenvalue weighted by atomic mass is 9.89. The zero-order chi connectivity index (χ0) is 20.6. The van der Waals surface area contributed by atoms with E-state index < -0.39 is 7.82 Å². The minimum Gasteiger partial charge on any atom is -0.507 e. The van der Waals surface area contributed by atoms with Crippen LogP contribution in [0.25, 0.3) is 22.3 Å². The molecule has 0 atom stereocenters. The molecule has 0 fully saturated rings. The number of aryl methyl sites for hydroxylation is 4. The van der Waals surface area contributed by atoms with Crippen LogP contribution in [0.4, 0.5) is 0 Å². The smallest absolute Gasteiger partial charge is 0.507 e. The molecule has 0 spiro atoms. The minimum atomic E-state index is -4.80. The molecule has 28 heavy (non-hydrogen) atoms. The van der Waals surface area contributed by atoms with Crippen molar-refractivity contribution in [2.75, 3.05) is 0 Å². The van der Waals surface area contributed by atoms with Gasteiger partial charge in [0.1, 0.15) is 11.5 Å². The van der Waals surface area contributed by atoms with Gasteiger partial charge in [-0.05, 0) is 67.1 Å². The van der Waals surface area contributed by atoms with Crippen LogP contribution in [0.5, 0.6) is 11.5 Å². The SMILES string of the molecule is Cc1cccc(C)c1-c1cc(-c2c(C)cccc2C)c(OP(=O)(O)O)cc1O. The molecule has 146 valence electrons. The molecule has 0 saturated carbocycles. The Bertz CT molecular complexity index is 1060. The van der Waals surface area contributed by atoms with Crippen LogP contribution in [-0.4, -0.2) is 14.9 Å². The number of phosphoric ester groups is 1. The van der Waals surface area contributed by atoms with Gasteiger partial charge >= 0.3 is 7.82 Å². The molecule has 0 bridgehead atoms. The monoisotopic (exact) mass is 398 g/mol. The van der Waals surface area contributed by atoms with Crippen LogP contribution in [0.15, 0.2) is 48.5 Å². The Morgan fingerprint density at radius 3 is 1.61 bits per heavy atom. The van der Waals surface area contributed by atoms with Crippen LogP contribution >= 0.6 is 7.82 Å². The number of hydrogen-bond acceptors (Lipinski definition) is 3. The molecule has 6 heteroatoms. The topological polar surface area (TPSA) is 87.0 Å². The molecule has 0 aromatic heterocycles. The fraction of sp³-hybridized carbons (Fsp3) is 0.182. The minimum absolute atomic E-state index is 0.0572. The summed E-state index contributed by atoms with van der Waals surface area (Å²) in [5.74, 6) is -0.158. The van der Waals surface area contributed by atoms with Crippen molar-refractivity contribution in [2.45, 2.75) is 27.7 Å². The van der Waals surface area contributed by atoms with Crippen LogP contribution in [-0.2, 0) is 4.57 Å². The van der Waals surface area contributed by atoms with Crippen molar-refractivity contribution in [1.29, 1.82) is 0 Å². The highest BCUT2D eigenvalue weighted by Gasteiger charge is 2.23. The first-order chi connectivity index (χ1) is 13.1. The molecule has 5 nitrogen and oxygen atoms in total. The first-order valence-electron chi connectivity index (χ1n) is 8.84. The van der Waals surface area contributed by atoms with Crippen LogP contribution in [0.1, 0.15) is 22.3 Å². The molecule has 0 heterocycles. The summed E-state index contributed by atoms with van der Waals surface area (Å²) in [4.78, 5) is 18.7. The fourth-order valence-corrected chi connectivity index (χ4v) is 4.05. The molecular weight excluding hydrogens is 375 g/mol. The number of benzene rings is 3. The van der Waals surface area contributed by atoms with E-state index in [0.717, 1.165) is 33.4 Å². The normalized spacial score (nSPS) is 11.5. The van der Waals surface area contributed by atoms with Crippen LogP contribution in [0.3, 0.4) is 0 Å². The van der Waals surface area contributed by atoms with Crippen molar-refractivity contribution < 1.29 is 24.0 Å². The van der Waals surface area contributed by atoms with Crippen LogP contribution in [0, 0.1) is 27.7 Å². The van der Waals surface area contributed by atoms with Gasteiger partial charge in [0, 0.05) is 17.2 Å². The maximum absolute atomic E-state index is 11.5. The van der Waals surface area contributed by atoms with Crippen molar-refractivity contribution in [3.8, 4) is 33.8 Å². The lowest BCUT2D eigenvalue weighted by molar-refractivity contribution is 0.283. The Labute approximate surface area is 164 Å². The van der Waals surface area contributed by atoms with E-state index in [1.807, 2.05) is 64.1 Å². The molecule has 3 rings (SSSR count). The molecule has 0 radical (unpaired) electrons. The second-order valence-electron chi connectivity index (χ2n) is 6.98. The third kappa shape index (κ3) is 3.97. The Morgan fingerprint density at radius 2 is 1.18 bits per heavy atom. The van der Waals surface area contributed by atoms with Crippen molar-refractivity contribution in [1.82, 2.24) is 0 Å². The van der Waals surface area contributed by atoms with E-state index in [1.165, 1.54) is 6.07 Å². The predicted octanol–water partition coefficient (Wildman–Crippen LogP) is 5.43. The maximum Gasteiger partial charge on any atom is 0.524 e. The first kappa shape index (κ1) is 20.2. The molecular formula is C22H23O5P. The summed E-state index contributed by atoms with van der Waals surface area (Å²) < 4.78 is 16.5. The number of rotatable bonds is 4. The van der Waals surface area contributed by atoms with E-state index in [9.17, 15) is 19.5 Å². The highest BCUT2D eigenvalue weighted by Crippen LogP contribution is 2.48. The van der Waals surface area contributed by atoms with Gasteiger partial charge in [-0.2, -0.15) is 0 Å². The third-order valence-electron chi connectivity index (χ3n) is 4.82. The average molecular weight is 398 g/mol. The molecule has 0 aliphatic rings. The second-order valence-corrected chi connectivity index (χ2v) is 8.14. The highest BCUT2D eigenvalue weighted by molar-refractivity contribution is 7.46. The summed E-state index contributed by atoms with van der Waals surface area (Å²) in [5.41, 5.74) is 6.68. The van der Waals surface area contributed by atoms with E-state index in [1.54, 1.807) is 6.07 Å². The summed E-state index contributed by atoms with van der Waals surface area (Å²) in [6.07, 6.45) is 0. The van der Waals surface area contributed by atoms with E-state index in [4.69, 9.17) is 4.52 Å². The summed E-state index contributed by atoms with van der Waals surface area (Å²) in [6.45, 7) is 7.77. The summed E-state index contributed by atoms with van der Waals surface area (Å²) in [7, 11) is -4.80. The van der Waals surface area contributed by atoms with Crippen molar-refractivity contribution in [3.63, 3.8) is 0 Å². The van der Waals surface area contributed by atoms with Crippen LogP contribution < -0.4 is 4.52 Å². The summed E-state index contributed by atoms with van der Waals surface area (Å²) in [5, 5.41) is 10.7. The Hall–Kier alpha value is -2.59. The van der Waals surface area contributed by atoms with Crippen molar-refractivity contribution in [3.05, 3.63) is 70.8 Å². The largest absolute Gasteiger partial charge is 0.524 e. The quantitative estimate of drug-likeness (QED) is 0.510. The van der Waals surface area contributed by atoms with Gasteiger partial charge in [-0.3, -0.25) is 9.79 Å². The molecule has 0 unspecified atom stereocenters. The van der Waals surface area contributed by atoms with E-state index in [2.05, 4.69) is 0 Å². The molecule has 3 aromatic rings. The third-order valence-corrected chi connectivity index (χ3v) is 5.25. The number of phenolic OH excluding ortho intramolecular Hbond substituents is 1. The summed E-state index contributed by atoms with van der Waals surface area (Å²) >= 11 is 0. The molecule has 0 aliphatic carbocycles. The molecule has 3 aromatic carbocycles. The van der Waals surface area contributed by atoms with E-state index in [-0.39, 0.29) is 11.5 Å².